The van der Waals surface area contributed by atoms with Crippen molar-refractivity contribution in [2.75, 3.05) is 26.2 Å². The Bertz CT molecular complexity index is 271. The molecule has 0 saturated carbocycles. The molecule has 19 heavy (non-hydrogen) atoms. The summed E-state index contributed by atoms with van der Waals surface area (Å²) in [6.45, 7) is 5.99. The molecule has 1 aliphatic rings. The normalized spacial score (nSPS) is 15.5. The van der Waals surface area contributed by atoms with Crippen molar-refractivity contribution >= 4 is 5.84 Å². The fourth-order valence-electron chi connectivity index (χ4n) is 2.47. The molecular weight excluding hydrogens is 234 g/mol. The summed E-state index contributed by atoms with van der Waals surface area (Å²) >= 11 is 0. The van der Waals surface area contributed by atoms with Crippen LogP contribution in [0.4, 0.5) is 0 Å². The van der Waals surface area contributed by atoms with Crippen LogP contribution in [-0.4, -0.2) is 36.9 Å². The summed E-state index contributed by atoms with van der Waals surface area (Å²) < 4.78 is 0. The van der Waals surface area contributed by atoms with Crippen LogP contribution in [0.15, 0.2) is 17.1 Å². The molecule has 3 heteroatoms. The first-order valence-electron chi connectivity index (χ1n) is 8.01. The molecule has 0 fully saturated rings. The van der Waals surface area contributed by atoms with Gasteiger partial charge in [0.2, 0.25) is 0 Å². The Labute approximate surface area is 119 Å². The molecule has 1 aliphatic heterocycles. The summed E-state index contributed by atoms with van der Waals surface area (Å²) in [5.74, 6) is 1.28. The van der Waals surface area contributed by atoms with E-state index in [-0.39, 0.29) is 0 Å². The van der Waals surface area contributed by atoms with Gasteiger partial charge in [-0.15, -0.1) is 0 Å². The zero-order valence-electron chi connectivity index (χ0n) is 12.6. The minimum atomic E-state index is 0.733. The predicted molar refractivity (Wildman–Crippen MR) is 84.7 cm³/mol. The quantitative estimate of drug-likeness (QED) is 0.460. The van der Waals surface area contributed by atoms with Crippen LogP contribution in [0.25, 0.3) is 0 Å². The molecule has 0 atom stereocenters. The van der Waals surface area contributed by atoms with Crippen molar-refractivity contribution in [2.45, 2.75) is 58.3 Å². The van der Waals surface area contributed by atoms with Crippen molar-refractivity contribution in [3.63, 3.8) is 0 Å². The molecule has 0 unspecified atom stereocenters. The first-order valence-corrected chi connectivity index (χ1v) is 8.01. The fraction of sp³-hybridized carbons (Fsp3) is 0.812. The standard InChI is InChI=1S/C16H31N3/c1-2-3-4-5-6-7-8-9-10-11-16-18-13-15-19(16)14-12-17/h7-8H,2-6,9-15,17H2,1H3/b8-7+. The van der Waals surface area contributed by atoms with Crippen molar-refractivity contribution in [2.24, 2.45) is 10.7 Å². The second kappa shape index (κ2) is 11.0. The van der Waals surface area contributed by atoms with Crippen LogP contribution < -0.4 is 5.73 Å². The highest BCUT2D eigenvalue weighted by molar-refractivity contribution is 5.83. The lowest BCUT2D eigenvalue weighted by molar-refractivity contribution is 0.458. The van der Waals surface area contributed by atoms with Gasteiger partial charge in [0.05, 0.1) is 12.4 Å². The highest BCUT2D eigenvalue weighted by Gasteiger charge is 2.14. The van der Waals surface area contributed by atoms with Gasteiger partial charge in [-0.3, -0.25) is 4.99 Å². The smallest absolute Gasteiger partial charge is 0.0990 e. The van der Waals surface area contributed by atoms with Crippen LogP contribution in [0.2, 0.25) is 0 Å². The lowest BCUT2D eigenvalue weighted by atomic mass is 10.1. The molecule has 1 heterocycles. The van der Waals surface area contributed by atoms with E-state index < -0.39 is 0 Å². The van der Waals surface area contributed by atoms with Gasteiger partial charge in [-0.05, 0) is 25.7 Å². The van der Waals surface area contributed by atoms with Crippen molar-refractivity contribution in [1.82, 2.24) is 4.90 Å². The number of allylic oxidation sites excluding steroid dienone is 2. The zero-order chi connectivity index (χ0) is 13.8. The molecule has 0 aliphatic carbocycles. The number of nitrogens with zero attached hydrogens (tertiary/aromatic N) is 2. The van der Waals surface area contributed by atoms with Gasteiger partial charge in [-0.1, -0.05) is 38.3 Å². The summed E-state index contributed by atoms with van der Waals surface area (Å²) in [7, 11) is 0. The Hall–Kier alpha value is -0.830. The van der Waals surface area contributed by atoms with E-state index in [4.69, 9.17) is 5.73 Å². The van der Waals surface area contributed by atoms with Gasteiger partial charge in [0.25, 0.3) is 0 Å². The first kappa shape index (κ1) is 16.2. The minimum Gasteiger partial charge on any atom is -0.357 e. The molecule has 110 valence electrons. The monoisotopic (exact) mass is 265 g/mol. The van der Waals surface area contributed by atoms with Crippen molar-refractivity contribution in [1.29, 1.82) is 0 Å². The number of hydrogen-bond donors (Lipinski definition) is 1. The van der Waals surface area contributed by atoms with Crippen LogP contribution in [0, 0.1) is 0 Å². The van der Waals surface area contributed by atoms with Crippen molar-refractivity contribution < 1.29 is 0 Å². The van der Waals surface area contributed by atoms with Gasteiger partial charge in [0.1, 0.15) is 0 Å². The van der Waals surface area contributed by atoms with Crippen LogP contribution >= 0.6 is 0 Å². The Kier molecular flexibility index (Phi) is 9.42. The Morgan fingerprint density at radius 1 is 1.16 bits per heavy atom. The average Bonchev–Trinajstić information content (AvgIpc) is 2.85. The van der Waals surface area contributed by atoms with Crippen LogP contribution in [0.1, 0.15) is 58.3 Å². The number of hydrogen-bond acceptors (Lipinski definition) is 3. The van der Waals surface area contributed by atoms with E-state index >= 15 is 0 Å². The molecule has 0 bridgehead atoms. The third-order valence-corrected chi connectivity index (χ3v) is 3.59. The van der Waals surface area contributed by atoms with Gasteiger partial charge in [-0.25, -0.2) is 0 Å². The molecule has 2 N–H and O–H groups in total. The van der Waals surface area contributed by atoms with Crippen LogP contribution in [0.3, 0.4) is 0 Å². The highest BCUT2D eigenvalue weighted by atomic mass is 15.2. The average molecular weight is 265 g/mol. The van der Waals surface area contributed by atoms with E-state index in [0.29, 0.717) is 0 Å². The molecular formula is C16H31N3. The summed E-state index contributed by atoms with van der Waals surface area (Å²) in [4.78, 5) is 6.91. The number of nitrogens with two attached hydrogens (primary N) is 1. The first-order chi connectivity index (χ1) is 9.38. The third kappa shape index (κ3) is 7.36. The van der Waals surface area contributed by atoms with Gasteiger partial charge in [0.15, 0.2) is 0 Å². The topological polar surface area (TPSA) is 41.6 Å². The highest BCUT2D eigenvalue weighted by Crippen LogP contribution is 2.09. The van der Waals surface area contributed by atoms with Gasteiger partial charge >= 0.3 is 0 Å². The lowest BCUT2D eigenvalue weighted by Crippen LogP contribution is -2.32. The maximum Gasteiger partial charge on any atom is 0.0990 e. The predicted octanol–water partition coefficient (Wildman–Crippen LogP) is 3.36. The zero-order valence-corrected chi connectivity index (χ0v) is 12.6. The molecule has 0 saturated heterocycles. The van der Waals surface area contributed by atoms with E-state index in [1.54, 1.807) is 0 Å². The molecule has 1 rings (SSSR count). The maximum absolute atomic E-state index is 5.61. The van der Waals surface area contributed by atoms with Crippen LogP contribution in [0.5, 0.6) is 0 Å². The molecule has 0 aromatic rings. The molecule has 0 spiro atoms. The summed E-state index contributed by atoms with van der Waals surface area (Å²) in [6.07, 6.45) is 14.9. The number of amidine groups is 1. The van der Waals surface area contributed by atoms with E-state index in [1.807, 2.05) is 0 Å². The summed E-state index contributed by atoms with van der Waals surface area (Å²) in [5.41, 5.74) is 5.61. The summed E-state index contributed by atoms with van der Waals surface area (Å²) in [5, 5.41) is 0. The third-order valence-electron chi connectivity index (χ3n) is 3.59. The fourth-order valence-corrected chi connectivity index (χ4v) is 2.47. The van der Waals surface area contributed by atoms with Gasteiger partial charge < -0.3 is 10.6 Å². The lowest BCUT2D eigenvalue weighted by Gasteiger charge is -2.18. The Balaban J connectivity index is 1.99. The van der Waals surface area contributed by atoms with Crippen molar-refractivity contribution in [3.8, 4) is 0 Å². The van der Waals surface area contributed by atoms with E-state index in [0.717, 1.165) is 32.6 Å². The Morgan fingerprint density at radius 3 is 2.68 bits per heavy atom. The van der Waals surface area contributed by atoms with Gasteiger partial charge in [-0.2, -0.15) is 0 Å². The largest absolute Gasteiger partial charge is 0.357 e. The number of aliphatic imine (C=N–C) groups is 1. The van der Waals surface area contributed by atoms with Crippen LogP contribution in [-0.2, 0) is 0 Å². The minimum absolute atomic E-state index is 0.733. The molecule has 0 aromatic heterocycles. The van der Waals surface area contributed by atoms with E-state index in [2.05, 4.69) is 29.0 Å². The van der Waals surface area contributed by atoms with E-state index in [1.165, 1.54) is 50.8 Å². The Morgan fingerprint density at radius 2 is 1.95 bits per heavy atom. The molecule has 0 aromatic carbocycles. The second-order valence-electron chi connectivity index (χ2n) is 5.29. The molecule has 0 amide bonds. The van der Waals surface area contributed by atoms with Gasteiger partial charge in [0, 0.05) is 26.1 Å². The summed E-state index contributed by atoms with van der Waals surface area (Å²) in [6, 6.07) is 0. The number of rotatable bonds is 11. The second-order valence-corrected chi connectivity index (χ2v) is 5.29. The SMILES string of the molecule is CCCCCC/C=C/CCCC1=NCCN1CCN. The maximum atomic E-state index is 5.61. The molecule has 3 nitrogen and oxygen atoms in total. The molecule has 0 radical (unpaired) electrons. The van der Waals surface area contributed by atoms with E-state index in [9.17, 15) is 0 Å². The van der Waals surface area contributed by atoms with Crippen molar-refractivity contribution in [3.05, 3.63) is 12.2 Å². The number of unbranched alkanes of at least 4 members (excludes halogenated alkanes) is 5.